The first kappa shape index (κ1) is 24.5. The van der Waals surface area contributed by atoms with E-state index in [1.807, 2.05) is 6.92 Å². The molecule has 2 saturated heterocycles. The maximum Gasteiger partial charge on any atom is 0.287 e. The third-order valence-electron chi connectivity index (χ3n) is 6.98. The van der Waals surface area contributed by atoms with Crippen molar-refractivity contribution in [1.82, 2.24) is 20.1 Å². The highest BCUT2D eigenvalue weighted by atomic mass is 16.5. The molecule has 0 spiro atoms. The zero-order chi connectivity index (χ0) is 26.1. The van der Waals surface area contributed by atoms with E-state index in [0.29, 0.717) is 42.5 Å². The van der Waals surface area contributed by atoms with E-state index in [1.54, 1.807) is 49.6 Å². The molecule has 2 aliphatic heterocycles. The van der Waals surface area contributed by atoms with Gasteiger partial charge in [-0.1, -0.05) is 19.4 Å². The van der Waals surface area contributed by atoms with E-state index in [2.05, 4.69) is 10.3 Å². The summed E-state index contributed by atoms with van der Waals surface area (Å²) < 4.78 is 10.9. The van der Waals surface area contributed by atoms with Gasteiger partial charge in [-0.3, -0.25) is 24.2 Å². The zero-order valence-electron chi connectivity index (χ0n) is 20.7. The lowest BCUT2D eigenvalue weighted by atomic mass is 10.1. The van der Waals surface area contributed by atoms with Crippen LogP contribution < -0.4 is 10.1 Å². The number of ether oxygens (including phenoxy) is 1. The Hall–Kier alpha value is -4.21. The Morgan fingerprint density at radius 3 is 2.76 bits per heavy atom. The van der Waals surface area contributed by atoms with Crippen LogP contribution in [0.2, 0.25) is 0 Å². The van der Waals surface area contributed by atoms with E-state index in [4.69, 9.17) is 9.15 Å². The van der Waals surface area contributed by atoms with Gasteiger partial charge in [-0.25, -0.2) is 0 Å². The molecule has 5 rings (SSSR count). The van der Waals surface area contributed by atoms with Gasteiger partial charge in [-0.15, -0.1) is 0 Å². The number of hydrogen-bond donors (Lipinski definition) is 1. The van der Waals surface area contributed by atoms with Crippen molar-refractivity contribution in [1.29, 1.82) is 0 Å². The van der Waals surface area contributed by atoms with Crippen LogP contribution in [0, 0.1) is 0 Å². The summed E-state index contributed by atoms with van der Waals surface area (Å²) in [5, 5.41) is 3.51. The van der Waals surface area contributed by atoms with E-state index >= 15 is 0 Å². The quantitative estimate of drug-likeness (QED) is 0.524. The lowest BCUT2D eigenvalue weighted by molar-refractivity contribution is -0.138. The van der Waals surface area contributed by atoms with Gasteiger partial charge in [0.15, 0.2) is 11.5 Å². The molecule has 0 bridgehead atoms. The molecule has 2 aliphatic rings. The Morgan fingerprint density at radius 1 is 1.19 bits per heavy atom. The molecule has 10 heteroatoms. The van der Waals surface area contributed by atoms with Gasteiger partial charge in [-0.05, 0) is 49.2 Å². The molecule has 3 amide bonds. The average Bonchev–Trinajstić information content (AvgIpc) is 3.62. The van der Waals surface area contributed by atoms with Crippen LogP contribution in [0.4, 0.5) is 0 Å². The van der Waals surface area contributed by atoms with Crippen molar-refractivity contribution in [2.24, 2.45) is 0 Å². The molecule has 0 aliphatic carbocycles. The first-order valence-electron chi connectivity index (χ1n) is 12.3. The van der Waals surface area contributed by atoms with Crippen molar-refractivity contribution in [2.75, 3.05) is 20.2 Å². The smallest absolute Gasteiger partial charge is 0.287 e. The van der Waals surface area contributed by atoms with Gasteiger partial charge >= 0.3 is 0 Å². The topological polar surface area (TPSA) is 122 Å². The molecule has 2 fully saturated rings. The minimum atomic E-state index is -0.827. The number of carbonyl (C=O) groups is 4. The Bertz CT molecular complexity index is 1350. The number of pyridine rings is 1. The number of benzene rings is 1. The van der Waals surface area contributed by atoms with E-state index in [1.165, 1.54) is 16.0 Å². The number of nitrogens with zero attached hydrogens (tertiary/aromatic N) is 3. The highest BCUT2D eigenvalue weighted by Crippen LogP contribution is 2.31. The van der Waals surface area contributed by atoms with Crippen LogP contribution in [-0.4, -0.2) is 76.6 Å². The molecule has 3 unspecified atom stereocenters. The zero-order valence-corrected chi connectivity index (χ0v) is 20.7. The summed E-state index contributed by atoms with van der Waals surface area (Å²) in [6.07, 6.45) is 3.06. The summed E-state index contributed by atoms with van der Waals surface area (Å²) in [6.45, 7) is 2.18. The van der Waals surface area contributed by atoms with Crippen LogP contribution in [0.3, 0.4) is 0 Å². The number of fused-ring (bicyclic) bond motifs is 2. The van der Waals surface area contributed by atoms with Gasteiger partial charge in [0.1, 0.15) is 29.1 Å². The molecular formula is C27H28N4O6. The number of nitrogens with one attached hydrogen (secondary N) is 1. The molecule has 2 aromatic heterocycles. The van der Waals surface area contributed by atoms with Crippen LogP contribution in [0.5, 0.6) is 5.75 Å². The second-order valence-electron chi connectivity index (χ2n) is 9.28. The van der Waals surface area contributed by atoms with E-state index in [0.717, 1.165) is 0 Å². The Balaban J connectivity index is 1.31. The number of Topliss-reactive ketones (excluding diaryl/α,β-unsaturated/α-hetero) is 1. The van der Waals surface area contributed by atoms with Crippen LogP contribution >= 0.6 is 0 Å². The molecule has 0 saturated carbocycles. The van der Waals surface area contributed by atoms with E-state index < -0.39 is 24.0 Å². The van der Waals surface area contributed by atoms with Gasteiger partial charge in [0.2, 0.25) is 5.91 Å². The normalized spacial score (nSPS) is 19.7. The maximum atomic E-state index is 13.6. The predicted octanol–water partition coefficient (Wildman–Crippen LogP) is 2.43. The van der Waals surface area contributed by atoms with Gasteiger partial charge in [0.05, 0.1) is 19.7 Å². The number of aromatic nitrogens is 1. The largest absolute Gasteiger partial charge is 0.497 e. The second-order valence-corrected chi connectivity index (χ2v) is 9.28. The molecule has 10 nitrogen and oxygen atoms in total. The number of rotatable bonds is 7. The van der Waals surface area contributed by atoms with E-state index in [9.17, 15) is 19.2 Å². The summed E-state index contributed by atoms with van der Waals surface area (Å²) >= 11 is 0. The van der Waals surface area contributed by atoms with E-state index in [-0.39, 0.29) is 35.6 Å². The molecule has 4 heterocycles. The van der Waals surface area contributed by atoms with Gasteiger partial charge in [0, 0.05) is 18.1 Å². The molecule has 192 valence electrons. The summed E-state index contributed by atoms with van der Waals surface area (Å²) in [5.74, 6) is -0.632. The Labute approximate surface area is 213 Å². The lowest BCUT2D eigenvalue weighted by Crippen LogP contribution is -2.52. The van der Waals surface area contributed by atoms with Gasteiger partial charge in [0.25, 0.3) is 11.8 Å². The number of methoxy groups -OCH3 is 1. The number of likely N-dealkylation sites (tertiary alicyclic amines) is 2. The number of hydrogen-bond acceptors (Lipinski definition) is 7. The third kappa shape index (κ3) is 4.54. The van der Waals surface area contributed by atoms with Crippen molar-refractivity contribution < 1.29 is 28.3 Å². The first-order valence-corrected chi connectivity index (χ1v) is 12.3. The van der Waals surface area contributed by atoms with Crippen molar-refractivity contribution >= 4 is 34.5 Å². The summed E-state index contributed by atoms with van der Waals surface area (Å²) in [5.41, 5.74) is 0.793. The first-order chi connectivity index (χ1) is 17.9. The molecule has 1 N–H and O–H groups in total. The fraction of sp³-hybridized carbons (Fsp3) is 0.370. The highest BCUT2D eigenvalue weighted by Gasteiger charge is 2.52. The van der Waals surface area contributed by atoms with Crippen molar-refractivity contribution in [3.05, 3.63) is 60.1 Å². The summed E-state index contributed by atoms with van der Waals surface area (Å²) in [6, 6.07) is 9.91. The number of furan rings is 1. The maximum absolute atomic E-state index is 13.6. The average molecular weight is 505 g/mol. The Morgan fingerprint density at radius 2 is 2.03 bits per heavy atom. The van der Waals surface area contributed by atoms with Crippen LogP contribution in [0.25, 0.3) is 11.0 Å². The molecule has 0 radical (unpaired) electrons. The van der Waals surface area contributed by atoms with Crippen molar-refractivity contribution in [3.63, 3.8) is 0 Å². The number of carbonyl (C=O) groups excluding carboxylic acids is 4. The third-order valence-corrected chi connectivity index (χ3v) is 6.98. The minimum absolute atomic E-state index is 0.0677. The fourth-order valence-electron chi connectivity index (χ4n) is 5.21. The monoisotopic (exact) mass is 504 g/mol. The fourth-order valence-corrected chi connectivity index (χ4v) is 5.21. The Kier molecular flexibility index (Phi) is 6.64. The minimum Gasteiger partial charge on any atom is -0.497 e. The molecule has 3 aromatic rings. The summed E-state index contributed by atoms with van der Waals surface area (Å²) in [4.78, 5) is 59.7. The van der Waals surface area contributed by atoms with Crippen LogP contribution in [0.1, 0.15) is 47.2 Å². The van der Waals surface area contributed by atoms with Crippen LogP contribution in [-0.2, 0) is 9.59 Å². The molecule has 37 heavy (non-hydrogen) atoms. The van der Waals surface area contributed by atoms with Gasteiger partial charge in [-0.2, -0.15) is 0 Å². The van der Waals surface area contributed by atoms with Crippen molar-refractivity contribution in [2.45, 2.75) is 44.3 Å². The predicted molar refractivity (Wildman–Crippen MR) is 133 cm³/mol. The number of ketones is 1. The number of amides is 3. The molecule has 3 atom stereocenters. The van der Waals surface area contributed by atoms with Crippen LogP contribution in [0.15, 0.2) is 53.1 Å². The lowest BCUT2D eigenvalue weighted by Gasteiger charge is -2.28. The summed E-state index contributed by atoms with van der Waals surface area (Å²) in [7, 11) is 1.56. The standard InChI is InChI=1S/C27H28N4O6/c1-3-6-19(29-25(33)23-14-16-13-17(36-2)8-9-22(16)37-23)27(35)30-12-10-20-24(30)21(32)15-31(20)26(34)18-7-4-5-11-28-18/h4-5,7-9,11,13-14,19-20,24H,3,6,10,12,15H2,1-2H3,(H,29,33). The van der Waals surface area contributed by atoms with Gasteiger partial charge < -0.3 is 24.3 Å². The second kappa shape index (κ2) is 10.0. The molecule has 1 aromatic carbocycles. The molecular weight excluding hydrogens is 476 g/mol. The van der Waals surface area contributed by atoms with Crippen molar-refractivity contribution in [3.8, 4) is 5.75 Å². The highest BCUT2D eigenvalue weighted by molar-refractivity contribution is 6.03. The SMILES string of the molecule is CCCC(NC(=O)c1cc2cc(OC)ccc2o1)C(=O)N1CCC2C1C(=O)CN2C(=O)c1ccccn1.